The lowest BCUT2D eigenvalue weighted by atomic mass is 9.84. The Labute approximate surface area is 116 Å². The van der Waals surface area contributed by atoms with Crippen LogP contribution in [-0.4, -0.2) is 4.98 Å². The van der Waals surface area contributed by atoms with Crippen LogP contribution in [0.5, 0.6) is 0 Å². The zero-order valence-corrected chi connectivity index (χ0v) is 11.1. The molecule has 0 saturated heterocycles. The van der Waals surface area contributed by atoms with Gasteiger partial charge >= 0.3 is 0 Å². The van der Waals surface area contributed by atoms with Gasteiger partial charge in [-0.25, -0.2) is 0 Å². The van der Waals surface area contributed by atoms with Crippen LogP contribution in [0, 0.1) is 0 Å². The van der Waals surface area contributed by atoms with Crippen molar-refractivity contribution in [2.45, 2.75) is 12.8 Å². The molecule has 94 valence electrons. The van der Waals surface area contributed by atoms with Crippen LogP contribution in [0.2, 0.25) is 0 Å². The second-order valence-corrected chi connectivity index (χ2v) is 5.61. The first kappa shape index (κ1) is 10.4. The molecule has 0 fully saturated rings. The highest BCUT2D eigenvalue weighted by Gasteiger charge is 2.17. The summed E-state index contributed by atoms with van der Waals surface area (Å²) in [4.78, 5) is 4.73. The van der Waals surface area contributed by atoms with E-state index in [0.717, 1.165) is 5.52 Å². The highest BCUT2D eigenvalue weighted by molar-refractivity contribution is 6.15. The van der Waals surface area contributed by atoms with Crippen LogP contribution >= 0.6 is 0 Å². The Kier molecular flexibility index (Phi) is 1.86. The van der Waals surface area contributed by atoms with Gasteiger partial charge in [0.25, 0.3) is 0 Å². The summed E-state index contributed by atoms with van der Waals surface area (Å²) in [5.41, 5.74) is 4.17. The van der Waals surface area contributed by atoms with E-state index in [1.54, 1.807) is 0 Å². The minimum atomic E-state index is 1.14. The van der Waals surface area contributed by atoms with E-state index in [2.05, 4.69) is 48.5 Å². The summed E-state index contributed by atoms with van der Waals surface area (Å²) in [7, 11) is 0. The summed E-state index contributed by atoms with van der Waals surface area (Å²) < 4.78 is 0. The molecule has 0 amide bonds. The van der Waals surface area contributed by atoms with Crippen LogP contribution in [-0.2, 0) is 12.8 Å². The standard InChI is InChI=1S/C19H13N/c1-2-4-14-13(3-1)11-20-19-17(14)10-9-16-15-7-5-12(15)6-8-18(16)19/h1-4,6,8-11H,5,7H2. The van der Waals surface area contributed by atoms with Crippen LogP contribution in [0.1, 0.15) is 11.1 Å². The van der Waals surface area contributed by atoms with E-state index >= 15 is 0 Å². The van der Waals surface area contributed by atoms with E-state index in [0.29, 0.717) is 0 Å². The van der Waals surface area contributed by atoms with Gasteiger partial charge in [-0.05, 0) is 34.7 Å². The van der Waals surface area contributed by atoms with Crippen molar-refractivity contribution in [2.24, 2.45) is 0 Å². The molecular formula is C19H13N. The van der Waals surface area contributed by atoms with Crippen LogP contribution in [0.4, 0.5) is 0 Å². The zero-order chi connectivity index (χ0) is 13.1. The third-order valence-corrected chi connectivity index (χ3v) is 4.61. The fraction of sp³-hybridized carbons (Fsp3) is 0.105. The Morgan fingerprint density at radius 2 is 1.50 bits per heavy atom. The molecule has 0 saturated carbocycles. The van der Waals surface area contributed by atoms with Crippen LogP contribution in [0.25, 0.3) is 32.4 Å². The third kappa shape index (κ3) is 1.20. The van der Waals surface area contributed by atoms with E-state index in [-0.39, 0.29) is 0 Å². The second kappa shape index (κ2) is 3.57. The third-order valence-electron chi connectivity index (χ3n) is 4.61. The lowest BCUT2D eigenvalue weighted by molar-refractivity contribution is 0.852. The number of rotatable bonds is 0. The smallest absolute Gasteiger partial charge is 0.0786 e. The van der Waals surface area contributed by atoms with E-state index in [9.17, 15) is 0 Å². The van der Waals surface area contributed by atoms with Crippen LogP contribution in [0.15, 0.2) is 54.7 Å². The lowest BCUT2D eigenvalue weighted by Gasteiger charge is -2.21. The number of pyridine rings is 1. The molecule has 0 spiro atoms. The minimum absolute atomic E-state index is 1.14. The molecule has 3 aromatic carbocycles. The van der Waals surface area contributed by atoms with Gasteiger partial charge in [-0.1, -0.05) is 48.5 Å². The normalized spacial score (nSPS) is 13.6. The van der Waals surface area contributed by atoms with Crippen LogP contribution < -0.4 is 0 Å². The van der Waals surface area contributed by atoms with Gasteiger partial charge in [0.1, 0.15) is 0 Å². The molecule has 0 aliphatic heterocycles. The number of hydrogen-bond acceptors (Lipinski definition) is 1. The Morgan fingerprint density at radius 1 is 0.700 bits per heavy atom. The number of nitrogens with zero attached hydrogens (tertiary/aromatic N) is 1. The number of aryl methyl sites for hydroxylation is 2. The number of hydrogen-bond donors (Lipinski definition) is 0. The van der Waals surface area contributed by atoms with Gasteiger partial charge in [-0.3, -0.25) is 4.98 Å². The SMILES string of the molecule is c1ccc2c(c1)cnc1c3ccc4c(c3ccc21)CC4. The predicted octanol–water partition coefficient (Wildman–Crippen LogP) is 4.64. The summed E-state index contributed by atoms with van der Waals surface area (Å²) in [6.45, 7) is 0. The maximum Gasteiger partial charge on any atom is 0.0786 e. The molecule has 0 N–H and O–H groups in total. The summed E-state index contributed by atoms with van der Waals surface area (Å²) in [5.74, 6) is 0. The molecule has 1 heterocycles. The molecule has 20 heavy (non-hydrogen) atoms. The summed E-state index contributed by atoms with van der Waals surface area (Å²) in [6, 6.07) is 17.5. The van der Waals surface area contributed by atoms with Crippen molar-refractivity contribution in [2.75, 3.05) is 0 Å². The fourth-order valence-corrected chi connectivity index (χ4v) is 3.46. The number of aromatic nitrogens is 1. The molecular weight excluding hydrogens is 242 g/mol. The average Bonchev–Trinajstić information content (AvgIpc) is 2.46. The van der Waals surface area contributed by atoms with Gasteiger partial charge in [0.15, 0.2) is 0 Å². The van der Waals surface area contributed by atoms with Gasteiger partial charge in [0, 0.05) is 22.4 Å². The monoisotopic (exact) mass is 255 g/mol. The number of benzene rings is 3. The Hall–Kier alpha value is -2.41. The van der Waals surface area contributed by atoms with Crippen molar-refractivity contribution >= 4 is 32.4 Å². The van der Waals surface area contributed by atoms with Crippen molar-refractivity contribution in [1.82, 2.24) is 4.98 Å². The summed E-state index contributed by atoms with van der Waals surface area (Å²) in [6.07, 6.45) is 4.44. The molecule has 1 aliphatic rings. The Balaban J connectivity index is 2.03. The zero-order valence-electron chi connectivity index (χ0n) is 11.1. The maximum atomic E-state index is 4.73. The van der Waals surface area contributed by atoms with Gasteiger partial charge in [0.05, 0.1) is 5.52 Å². The predicted molar refractivity (Wildman–Crippen MR) is 84.2 cm³/mol. The van der Waals surface area contributed by atoms with Crippen molar-refractivity contribution < 1.29 is 0 Å². The molecule has 1 aromatic heterocycles. The first-order valence-corrected chi connectivity index (χ1v) is 7.13. The molecule has 0 unspecified atom stereocenters. The van der Waals surface area contributed by atoms with Crippen molar-refractivity contribution in [3.8, 4) is 0 Å². The van der Waals surface area contributed by atoms with Gasteiger partial charge < -0.3 is 0 Å². The molecule has 1 nitrogen and oxygen atoms in total. The lowest BCUT2D eigenvalue weighted by Crippen LogP contribution is -2.08. The van der Waals surface area contributed by atoms with Crippen molar-refractivity contribution in [3.05, 3.63) is 65.9 Å². The highest BCUT2D eigenvalue weighted by atomic mass is 14.7. The fourth-order valence-electron chi connectivity index (χ4n) is 3.46. The largest absolute Gasteiger partial charge is 0.255 e. The molecule has 0 radical (unpaired) electrons. The van der Waals surface area contributed by atoms with Crippen molar-refractivity contribution in [1.29, 1.82) is 0 Å². The van der Waals surface area contributed by atoms with Gasteiger partial charge in [-0.2, -0.15) is 0 Å². The average molecular weight is 255 g/mol. The molecule has 1 aliphatic carbocycles. The first-order chi connectivity index (χ1) is 9.92. The topological polar surface area (TPSA) is 12.9 Å². The summed E-state index contributed by atoms with van der Waals surface area (Å²) >= 11 is 0. The molecule has 4 aromatic rings. The second-order valence-electron chi connectivity index (χ2n) is 5.61. The van der Waals surface area contributed by atoms with Gasteiger partial charge in [0.2, 0.25) is 0 Å². The maximum absolute atomic E-state index is 4.73. The molecule has 0 bridgehead atoms. The van der Waals surface area contributed by atoms with E-state index in [1.165, 1.54) is 50.9 Å². The molecule has 5 rings (SSSR count). The molecule has 1 heteroatoms. The molecule has 0 atom stereocenters. The Morgan fingerprint density at radius 3 is 2.40 bits per heavy atom. The van der Waals surface area contributed by atoms with Gasteiger partial charge in [-0.15, -0.1) is 0 Å². The van der Waals surface area contributed by atoms with E-state index < -0.39 is 0 Å². The van der Waals surface area contributed by atoms with E-state index in [1.807, 2.05) is 6.20 Å². The Bertz CT molecular complexity index is 999. The minimum Gasteiger partial charge on any atom is -0.255 e. The summed E-state index contributed by atoms with van der Waals surface area (Å²) in [5, 5.41) is 6.45. The first-order valence-electron chi connectivity index (χ1n) is 7.13. The van der Waals surface area contributed by atoms with Crippen LogP contribution in [0.3, 0.4) is 0 Å². The van der Waals surface area contributed by atoms with Crippen molar-refractivity contribution in [3.63, 3.8) is 0 Å². The number of fused-ring (bicyclic) bond motifs is 7. The highest BCUT2D eigenvalue weighted by Crippen LogP contribution is 2.35. The quantitative estimate of drug-likeness (QED) is 0.417. The van der Waals surface area contributed by atoms with E-state index in [4.69, 9.17) is 4.98 Å².